The number of hydrogen-bond acceptors (Lipinski definition) is 5. The van der Waals surface area contributed by atoms with Crippen LogP contribution in [0.4, 0.5) is 5.69 Å². The molecule has 0 bridgehead atoms. The van der Waals surface area contributed by atoms with Crippen LogP contribution in [-0.2, 0) is 32.6 Å². The molecule has 8 nitrogen and oxygen atoms in total. The summed E-state index contributed by atoms with van der Waals surface area (Å²) in [6, 6.07) is 20.6. The Labute approximate surface area is 241 Å². The van der Waals surface area contributed by atoms with E-state index < -0.39 is 28.5 Å². The number of halogens is 1. The lowest BCUT2D eigenvalue weighted by molar-refractivity contribution is -0.140. The van der Waals surface area contributed by atoms with Crippen molar-refractivity contribution in [3.63, 3.8) is 0 Å². The summed E-state index contributed by atoms with van der Waals surface area (Å²) < 4.78 is 32.5. The number of aryl methyl sites for hydroxylation is 1. The van der Waals surface area contributed by atoms with Crippen LogP contribution in [0.2, 0.25) is 5.02 Å². The number of carbonyl (C=O) groups is 2. The molecule has 0 spiro atoms. The van der Waals surface area contributed by atoms with Crippen LogP contribution in [0.3, 0.4) is 0 Å². The summed E-state index contributed by atoms with van der Waals surface area (Å²) in [4.78, 5) is 29.1. The molecule has 0 saturated carbocycles. The molecule has 3 rings (SSSR count). The minimum atomic E-state index is -3.91. The second kappa shape index (κ2) is 14.2. The number of benzene rings is 3. The van der Waals surface area contributed by atoms with E-state index in [-0.39, 0.29) is 24.6 Å². The van der Waals surface area contributed by atoms with E-state index in [1.54, 1.807) is 36.4 Å². The zero-order valence-electron chi connectivity index (χ0n) is 23.3. The quantitative estimate of drug-likeness (QED) is 0.317. The number of sulfonamides is 1. The third-order valence-electron chi connectivity index (χ3n) is 6.34. The highest BCUT2D eigenvalue weighted by molar-refractivity contribution is 7.92. The van der Waals surface area contributed by atoms with Crippen LogP contribution in [0.25, 0.3) is 0 Å². The Bertz CT molecular complexity index is 1420. The van der Waals surface area contributed by atoms with Crippen LogP contribution < -0.4 is 14.4 Å². The number of nitrogens with zero attached hydrogens (tertiary/aromatic N) is 2. The van der Waals surface area contributed by atoms with Crippen molar-refractivity contribution in [2.75, 3.05) is 30.8 Å². The Morgan fingerprint density at radius 2 is 1.70 bits per heavy atom. The summed E-state index contributed by atoms with van der Waals surface area (Å²) in [6.07, 6.45) is 2.01. The van der Waals surface area contributed by atoms with Crippen molar-refractivity contribution < 1.29 is 22.7 Å². The zero-order chi connectivity index (χ0) is 29.3. The molecular formula is C30H36ClN3O5S. The summed E-state index contributed by atoms with van der Waals surface area (Å²) >= 11 is 6.24. The molecule has 0 saturated heterocycles. The second-order valence-electron chi connectivity index (χ2n) is 9.59. The smallest absolute Gasteiger partial charge is 0.244 e. The normalized spacial score (nSPS) is 11.9. The monoisotopic (exact) mass is 585 g/mol. The van der Waals surface area contributed by atoms with Gasteiger partial charge >= 0.3 is 0 Å². The number of ether oxygens (including phenoxy) is 1. The molecule has 0 fully saturated rings. The lowest BCUT2D eigenvalue weighted by Crippen LogP contribution is -2.53. The lowest BCUT2D eigenvalue weighted by Gasteiger charge is -2.33. The number of nitrogens with one attached hydrogen (secondary N) is 1. The SMILES string of the molecule is CCCNC(=O)[C@H](Cc1ccccc1)N(Cc1cccc(Cl)c1)C(=O)CN(c1cc(C)ccc1OC)S(C)(=O)=O. The molecule has 0 radical (unpaired) electrons. The van der Waals surface area contributed by atoms with Crippen molar-refractivity contribution in [2.45, 2.75) is 39.3 Å². The molecule has 0 aliphatic carbocycles. The molecule has 40 heavy (non-hydrogen) atoms. The first kappa shape index (κ1) is 31.0. The van der Waals surface area contributed by atoms with Crippen LogP contribution in [0.5, 0.6) is 5.75 Å². The van der Waals surface area contributed by atoms with E-state index in [4.69, 9.17) is 16.3 Å². The van der Waals surface area contributed by atoms with Crippen molar-refractivity contribution in [3.05, 3.63) is 94.5 Å². The van der Waals surface area contributed by atoms with E-state index >= 15 is 0 Å². The summed E-state index contributed by atoms with van der Waals surface area (Å²) in [7, 11) is -2.47. The van der Waals surface area contributed by atoms with E-state index in [0.717, 1.165) is 28.1 Å². The van der Waals surface area contributed by atoms with Gasteiger partial charge in [0.1, 0.15) is 18.3 Å². The van der Waals surface area contributed by atoms with Crippen molar-refractivity contribution in [1.82, 2.24) is 10.2 Å². The van der Waals surface area contributed by atoms with Gasteiger partial charge in [-0.1, -0.05) is 67.1 Å². The fourth-order valence-electron chi connectivity index (χ4n) is 4.34. The summed E-state index contributed by atoms with van der Waals surface area (Å²) in [5, 5.41) is 3.40. The van der Waals surface area contributed by atoms with Crippen molar-refractivity contribution in [1.29, 1.82) is 0 Å². The molecule has 10 heteroatoms. The van der Waals surface area contributed by atoms with Gasteiger partial charge in [-0.05, 0) is 54.3 Å². The number of anilines is 1. The van der Waals surface area contributed by atoms with E-state index in [1.807, 2.05) is 50.2 Å². The molecule has 0 aliphatic rings. The highest BCUT2D eigenvalue weighted by Crippen LogP contribution is 2.31. The van der Waals surface area contributed by atoms with Gasteiger partial charge in [-0.25, -0.2) is 8.42 Å². The molecule has 214 valence electrons. The topological polar surface area (TPSA) is 96.0 Å². The lowest BCUT2D eigenvalue weighted by atomic mass is 10.0. The van der Waals surface area contributed by atoms with Gasteiger partial charge in [-0.15, -0.1) is 0 Å². The number of carbonyl (C=O) groups excluding carboxylic acids is 2. The first-order chi connectivity index (χ1) is 19.0. The summed E-state index contributed by atoms with van der Waals surface area (Å²) in [5.41, 5.74) is 2.62. The zero-order valence-corrected chi connectivity index (χ0v) is 24.8. The number of methoxy groups -OCH3 is 1. The van der Waals surface area contributed by atoms with E-state index in [1.165, 1.54) is 12.0 Å². The maximum Gasteiger partial charge on any atom is 0.244 e. The van der Waals surface area contributed by atoms with Gasteiger partial charge in [-0.2, -0.15) is 0 Å². The van der Waals surface area contributed by atoms with Crippen LogP contribution in [0, 0.1) is 6.92 Å². The summed E-state index contributed by atoms with van der Waals surface area (Å²) in [6.45, 7) is 3.75. The molecular weight excluding hydrogens is 550 g/mol. The van der Waals surface area contributed by atoms with Crippen molar-refractivity contribution >= 4 is 39.1 Å². The molecule has 3 aromatic carbocycles. The minimum absolute atomic E-state index is 0.0546. The average molecular weight is 586 g/mol. The van der Waals surface area contributed by atoms with Crippen LogP contribution in [0.15, 0.2) is 72.8 Å². The van der Waals surface area contributed by atoms with Gasteiger partial charge < -0.3 is 15.0 Å². The van der Waals surface area contributed by atoms with Gasteiger partial charge in [0, 0.05) is 24.5 Å². The van der Waals surface area contributed by atoms with Gasteiger partial charge in [0.05, 0.1) is 19.1 Å². The Hall–Kier alpha value is -3.56. The number of hydrogen-bond donors (Lipinski definition) is 1. The highest BCUT2D eigenvalue weighted by atomic mass is 35.5. The highest BCUT2D eigenvalue weighted by Gasteiger charge is 2.33. The average Bonchev–Trinajstić information content (AvgIpc) is 2.92. The minimum Gasteiger partial charge on any atom is -0.495 e. The first-order valence-corrected chi connectivity index (χ1v) is 15.2. The Morgan fingerprint density at radius 1 is 1.00 bits per heavy atom. The van der Waals surface area contributed by atoms with Crippen molar-refractivity contribution in [3.8, 4) is 5.75 Å². The van der Waals surface area contributed by atoms with Gasteiger partial charge in [-0.3, -0.25) is 13.9 Å². The number of amides is 2. The van der Waals surface area contributed by atoms with Crippen molar-refractivity contribution in [2.24, 2.45) is 0 Å². The molecule has 2 amide bonds. The molecule has 1 atom stereocenters. The van der Waals surface area contributed by atoms with Gasteiger partial charge in [0.2, 0.25) is 21.8 Å². The van der Waals surface area contributed by atoms with Crippen LogP contribution in [-0.4, -0.2) is 57.6 Å². The van der Waals surface area contributed by atoms with Crippen LogP contribution >= 0.6 is 11.6 Å². The van der Waals surface area contributed by atoms with E-state index in [9.17, 15) is 18.0 Å². The van der Waals surface area contributed by atoms with Crippen LogP contribution in [0.1, 0.15) is 30.0 Å². The fraction of sp³-hybridized carbons (Fsp3) is 0.333. The standard InChI is InChI=1S/C30H36ClN3O5S/c1-5-16-32-30(36)27(19-23-10-7-6-8-11-23)33(20-24-12-9-13-25(31)18-24)29(35)21-34(40(4,37)38)26-17-22(2)14-15-28(26)39-3/h6-15,17-18,27H,5,16,19-21H2,1-4H3,(H,32,36)/t27-/m0/s1. The second-order valence-corrected chi connectivity index (χ2v) is 11.9. The molecule has 0 unspecified atom stereocenters. The maximum atomic E-state index is 14.1. The largest absolute Gasteiger partial charge is 0.495 e. The number of rotatable bonds is 13. The predicted octanol–water partition coefficient (Wildman–Crippen LogP) is 4.59. The third-order valence-corrected chi connectivity index (χ3v) is 7.71. The fourth-order valence-corrected chi connectivity index (χ4v) is 5.40. The Morgan fingerprint density at radius 3 is 2.33 bits per heavy atom. The van der Waals surface area contributed by atoms with E-state index in [2.05, 4.69) is 5.32 Å². The Kier molecular flexibility index (Phi) is 11.0. The first-order valence-electron chi connectivity index (χ1n) is 13.0. The third kappa shape index (κ3) is 8.47. The Balaban J connectivity index is 2.08. The predicted molar refractivity (Wildman–Crippen MR) is 159 cm³/mol. The molecule has 0 aromatic heterocycles. The molecule has 0 aliphatic heterocycles. The van der Waals surface area contributed by atoms with E-state index in [0.29, 0.717) is 22.9 Å². The summed E-state index contributed by atoms with van der Waals surface area (Å²) in [5.74, 6) is -0.548. The van der Waals surface area contributed by atoms with Gasteiger partial charge in [0.25, 0.3) is 0 Å². The molecule has 0 heterocycles. The maximum absolute atomic E-state index is 14.1. The molecule has 3 aromatic rings. The molecule has 1 N–H and O–H groups in total. The van der Waals surface area contributed by atoms with Gasteiger partial charge in [0.15, 0.2) is 0 Å².